The quantitative estimate of drug-likeness (QED) is 0.826. The van der Waals surface area contributed by atoms with Gasteiger partial charge in [-0.05, 0) is 37.1 Å². The Hall–Kier alpha value is -2.16. The van der Waals surface area contributed by atoms with Gasteiger partial charge in [0.05, 0.1) is 14.2 Å². The van der Waals surface area contributed by atoms with Gasteiger partial charge in [-0.2, -0.15) is 0 Å². The van der Waals surface area contributed by atoms with Crippen molar-refractivity contribution in [1.29, 1.82) is 0 Å². The molecule has 0 saturated heterocycles. The van der Waals surface area contributed by atoms with E-state index in [9.17, 15) is 0 Å². The molecule has 0 spiro atoms. The zero-order chi connectivity index (χ0) is 14.5. The van der Waals surface area contributed by atoms with Gasteiger partial charge in [0.1, 0.15) is 6.61 Å². The van der Waals surface area contributed by atoms with Crippen LogP contribution in [0.25, 0.3) is 0 Å². The lowest BCUT2D eigenvalue weighted by Crippen LogP contribution is -2.01. The van der Waals surface area contributed by atoms with Crippen molar-refractivity contribution in [1.82, 2.24) is 0 Å². The van der Waals surface area contributed by atoms with Crippen LogP contribution in [-0.4, -0.2) is 14.2 Å². The van der Waals surface area contributed by atoms with Crippen LogP contribution in [0.15, 0.2) is 36.4 Å². The average molecular weight is 272 g/mol. The number of benzene rings is 2. The van der Waals surface area contributed by atoms with Crippen LogP contribution in [0, 0.1) is 13.8 Å². The van der Waals surface area contributed by atoms with Gasteiger partial charge < -0.3 is 14.2 Å². The highest BCUT2D eigenvalue weighted by Gasteiger charge is 2.11. The molecule has 0 aromatic heterocycles. The SMILES string of the molecule is COc1cccc(OC)c1OCc1cc(C)ccc1C. The van der Waals surface area contributed by atoms with E-state index in [4.69, 9.17) is 14.2 Å². The Balaban J connectivity index is 2.24. The fourth-order valence-corrected chi connectivity index (χ4v) is 2.07. The Morgan fingerprint density at radius 1 is 0.900 bits per heavy atom. The maximum atomic E-state index is 5.92. The third-order valence-electron chi connectivity index (χ3n) is 3.26. The van der Waals surface area contributed by atoms with Crippen molar-refractivity contribution in [2.24, 2.45) is 0 Å². The van der Waals surface area contributed by atoms with Gasteiger partial charge in [-0.15, -0.1) is 0 Å². The van der Waals surface area contributed by atoms with E-state index in [2.05, 4.69) is 32.0 Å². The molecule has 3 heteroatoms. The topological polar surface area (TPSA) is 27.7 Å². The summed E-state index contributed by atoms with van der Waals surface area (Å²) in [5.41, 5.74) is 3.60. The maximum Gasteiger partial charge on any atom is 0.203 e. The maximum absolute atomic E-state index is 5.92. The second-order valence-electron chi connectivity index (χ2n) is 4.71. The van der Waals surface area contributed by atoms with Gasteiger partial charge in [0.15, 0.2) is 11.5 Å². The highest BCUT2D eigenvalue weighted by Crippen LogP contribution is 2.37. The number of rotatable bonds is 5. The lowest BCUT2D eigenvalue weighted by molar-refractivity contribution is 0.265. The number of aryl methyl sites for hydroxylation is 2. The molecule has 2 rings (SSSR count). The number of ether oxygens (including phenoxy) is 3. The van der Waals surface area contributed by atoms with Crippen molar-refractivity contribution in [3.05, 3.63) is 53.1 Å². The first-order valence-electron chi connectivity index (χ1n) is 6.55. The number of methoxy groups -OCH3 is 2. The average Bonchev–Trinajstić information content (AvgIpc) is 2.47. The molecule has 0 amide bonds. The molecule has 0 aliphatic heterocycles. The summed E-state index contributed by atoms with van der Waals surface area (Å²) >= 11 is 0. The molecule has 2 aromatic carbocycles. The summed E-state index contributed by atoms with van der Waals surface area (Å²) in [5.74, 6) is 1.99. The van der Waals surface area contributed by atoms with Crippen LogP contribution in [0.4, 0.5) is 0 Å². The van der Waals surface area contributed by atoms with Crippen molar-refractivity contribution in [2.45, 2.75) is 20.5 Å². The fraction of sp³-hybridized carbons (Fsp3) is 0.294. The van der Waals surface area contributed by atoms with Crippen LogP contribution in [0.2, 0.25) is 0 Å². The van der Waals surface area contributed by atoms with Crippen molar-refractivity contribution < 1.29 is 14.2 Å². The Morgan fingerprint density at radius 2 is 1.55 bits per heavy atom. The van der Waals surface area contributed by atoms with Crippen molar-refractivity contribution in [2.75, 3.05) is 14.2 Å². The zero-order valence-corrected chi connectivity index (χ0v) is 12.4. The first-order chi connectivity index (χ1) is 9.65. The molecule has 0 unspecified atom stereocenters. The van der Waals surface area contributed by atoms with Crippen molar-refractivity contribution >= 4 is 0 Å². The summed E-state index contributed by atoms with van der Waals surface area (Å²) < 4.78 is 16.6. The van der Waals surface area contributed by atoms with Crippen LogP contribution in [0.3, 0.4) is 0 Å². The van der Waals surface area contributed by atoms with Crippen LogP contribution in [-0.2, 0) is 6.61 Å². The highest BCUT2D eigenvalue weighted by atomic mass is 16.5. The Labute approximate surface area is 120 Å². The smallest absolute Gasteiger partial charge is 0.203 e. The van der Waals surface area contributed by atoms with E-state index in [0.29, 0.717) is 23.9 Å². The lowest BCUT2D eigenvalue weighted by atomic mass is 10.1. The van der Waals surface area contributed by atoms with Crippen LogP contribution in [0.5, 0.6) is 17.2 Å². The molecule has 0 aliphatic rings. The molecular formula is C17H20O3. The first-order valence-corrected chi connectivity index (χ1v) is 6.55. The fourth-order valence-electron chi connectivity index (χ4n) is 2.07. The minimum Gasteiger partial charge on any atom is -0.493 e. The van der Waals surface area contributed by atoms with Crippen molar-refractivity contribution in [3.63, 3.8) is 0 Å². The molecule has 0 bridgehead atoms. The molecule has 0 fully saturated rings. The molecule has 0 saturated carbocycles. The molecule has 0 N–H and O–H groups in total. The molecule has 0 radical (unpaired) electrons. The minimum atomic E-state index is 0.490. The molecule has 20 heavy (non-hydrogen) atoms. The van der Waals surface area contributed by atoms with Gasteiger partial charge in [0, 0.05) is 0 Å². The number of hydrogen-bond acceptors (Lipinski definition) is 3. The summed E-state index contributed by atoms with van der Waals surface area (Å²) in [6.45, 7) is 4.65. The van der Waals surface area contributed by atoms with E-state index in [1.807, 2.05) is 18.2 Å². The molecule has 106 valence electrons. The second kappa shape index (κ2) is 6.33. The van der Waals surface area contributed by atoms with Crippen LogP contribution < -0.4 is 14.2 Å². The van der Waals surface area contributed by atoms with E-state index in [1.54, 1.807) is 14.2 Å². The van der Waals surface area contributed by atoms with E-state index in [0.717, 1.165) is 5.56 Å². The van der Waals surface area contributed by atoms with Crippen LogP contribution in [0.1, 0.15) is 16.7 Å². The summed E-state index contributed by atoms with van der Waals surface area (Å²) in [7, 11) is 3.25. The first kappa shape index (κ1) is 14.3. The minimum absolute atomic E-state index is 0.490. The zero-order valence-electron chi connectivity index (χ0n) is 12.4. The van der Waals surface area contributed by atoms with Gasteiger partial charge in [0.25, 0.3) is 0 Å². The summed E-state index contributed by atoms with van der Waals surface area (Å²) in [4.78, 5) is 0. The second-order valence-corrected chi connectivity index (χ2v) is 4.71. The third kappa shape index (κ3) is 3.05. The molecule has 0 aliphatic carbocycles. The van der Waals surface area contributed by atoms with Gasteiger partial charge in [-0.25, -0.2) is 0 Å². The third-order valence-corrected chi connectivity index (χ3v) is 3.26. The molecule has 0 atom stereocenters. The van der Waals surface area contributed by atoms with Crippen molar-refractivity contribution in [3.8, 4) is 17.2 Å². The van der Waals surface area contributed by atoms with E-state index < -0.39 is 0 Å². The monoisotopic (exact) mass is 272 g/mol. The normalized spacial score (nSPS) is 10.2. The molecule has 0 heterocycles. The summed E-state index contributed by atoms with van der Waals surface area (Å²) in [6.07, 6.45) is 0. The Kier molecular flexibility index (Phi) is 4.51. The van der Waals surface area contributed by atoms with Gasteiger partial charge in [-0.1, -0.05) is 29.8 Å². The lowest BCUT2D eigenvalue weighted by Gasteiger charge is -2.15. The largest absolute Gasteiger partial charge is 0.493 e. The Bertz CT molecular complexity index is 569. The van der Waals surface area contributed by atoms with E-state index in [1.165, 1.54) is 11.1 Å². The van der Waals surface area contributed by atoms with Gasteiger partial charge in [-0.3, -0.25) is 0 Å². The molecule has 3 nitrogen and oxygen atoms in total. The van der Waals surface area contributed by atoms with Gasteiger partial charge >= 0.3 is 0 Å². The highest BCUT2D eigenvalue weighted by molar-refractivity contribution is 5.51. The number of para-hydroxylation sites is 1. The Morgan fingerprint density at radius 3 is 2.15 bits per heavy atom. The van der Waals surface area contributed by atoms with Gasteiger partial charge in [0.2, 0.25) is 5.75 Å². The summed E-state index contributed by atoms with van der Waals surface area (Å²) in [5, 5.41) is 0. The summed E-state index contributed by atoms with van der Waals surface area (Å²) in [6, 6.07) is 11.9. The predicted octanol–water partition coefficient (Wildman–Crippen LogP) is 3.90. The molecular weight excluding hydrogens is 252 g/mol. The van der Waals surface area contributed by atoms with Crippen LogP contribution >= 0.6 is 0 Å². The molecule has 2 aromatic rings. The number of hydrogen-bond donors (Lipinski definition) is 0. The standard InChI is InChI=1S/C17H20O3/c1-12-8-9-13(2)14(10-12)11-20-17-15(18-3)6-5-7-16(17)19-4/h5-10H,11H2,1-4H3. The van der Waals surface area contributed by atoms with E-state index >= 15 is 0 Å². The predicted molar refractivity (Wildman–Crippen MR) is 79.8 cm³/mol. The van der Waals surface area contributed by atoms with E-state index in [-0.39, 0.29) is 0 Å².